The zero-order valence-corrected chi connectivity index (χ0v) is 10.1. The van der Waals surface area contributed by atoms with E-state index < -0.39 is 0 Å². The van der Waals surface area contributed by atoms with Crippen molar-refractivity contribution in [1.82, 2.24) is 0 Å². The monoisotopic (exact) mass is 220 g/mol. The Kier molecular flexibility index (Phi) is 2.80. The van der Waals surface area contributed by atoms with Gasteiger partial charge in [0.1, 0.15) is 5.75 Å². The Hall–Kier alpha value is -1.22. The maximum Gasteiger partial charge on any atom is 0.120 e. The van der Waals surface area contributed by atoms with Crippen molar-refractivity contribution in [3.05, 3.63) is 23.8 Å². The van der Waals surface area contributed by atoms with Crippen LogP contribution in [-0.4, -0.2) is 23.2 Å². The Balaban J connectivity index is 2.45. The molecule has 0 saturated carbocycles. The van der Waals surface area contributed by atoms with E-state index in [1.54, 1.807) is 6.07 Å². The average molecular weight is 220 g/mol. The second-order valence-electron chi connectivity index (χ2n) is 4.91. The van der Waals surface area contributed by atoms with Crippen LogP contribution in [0.15, 0.2) is 18.2 Å². The molecule has 16 heavy (non-hydrogen) atoms. The number of phenolic OH excluding ortho intramolecular Hbond substituents is 1. The maximum atomic E-state index is 9.86. The van der Waals surface area contributed by atoms with Crippen LogP contribution in [0.25, 0.3) is 0 Å². The van der Waals surface area contributed by atoms with Gasteiger partial charge in [0.25, 0.3) is 0 Å². The Morgan fingerprint density at radius 3 is 2.62 bits per heavy atom. The van der Waals surface area contributed by atoms with Crippen molar-refractivity contribution in [2.75, 3.05) is 4.90 Å². The molecule has 0 bridgehead atoms. The van der Waals surface area contributed by atoms with Crippen molar-refractivity contribution >= 4 is 5.69 Å². The van der Waals surface area contributed by atoms with Crippen LogP contribution in [0.2, 0.25) is 0 Å². The number of rotatable bonds is 2. The second kappa shape index (κ2) is 3.98. The summed E-state index contributed by atoms with van der Waals surface area (Å²) in [5.74, 6) is 0.395. The predicted molar refractivity (Wildman–Crippen MR) is 66.9 cm³/mol. The molecule has 1 aliphatic rings. The highest BCUT2D eigenvalue weighted by Crippen LogP contribution is 2.39. The molecule has 1 aromatic carbocycles. The smallest absolute Gasteiger partial charge is 0.120 e. The third-order valence-corrected chi connectivity index (χ3v) is 3.34. The fourth-order valence-electron chi connectivity index (χ4n) is 2.60. The van der Waals surface area contributed by atoms with Crippen LogP contribution in [0.4, 0.5) is 5.69 Å². The number of phenols is 1. The summed E-state index contributed by atoms with van der Waals surface area (Å²) in [6.07, 6.45) is 0.845. The molecule has 2 atom stereocenters. The third-order valence-electron chi connectivity index (χ3n) is 3.34. The summed E-state index contributed by atoms with van der Waals surface area (Å²) >= 11 is 0. The molecule has 2 unspecified atom stereocenters. The number of anilines is 1. The fourth-order valence-corrected chi connectivity index (χ4v) is 2.60. The van der Waals surface area contributed by atoms with E-state index in [4.69, 9.17) is 5.73 Å². The number of nitrogens with two attached hydrogens (primary N) is 1. The molecule has 3 N–H and O–H groups in total. The highest BCUT2D eigenvalue weighted by molar-refractivity contribution is 5.65. The van der Waals surface area contributed by atoms with Crippen LogP contribution in [0.3, 0.4) is 0 Å². The van der Waals surface area contributed by atoms with E-state index >= 15 is 0 Å². The Morgan fingerprint density at radius 1 is 1.38 bits per heavy atom. The van der Waals surface area contributed by atoms with E-state index in [2.05, 4.69) is 24.8 Å². The first-order valence-corrected chi connectivity index (χ1v) is 5.87. The van der Waals surface area contributed by atoms with E-state index in [1.807, 2.05) is 13.0 Å². The quantitative estimate of drug-likeness (QED) is 0.800. The largest absolute Gasteiger partial charge is 0.508 e. The van der Waals surface area contributed by atoms with Crippen LogP contribution in [0, 0.1) is 0 Å². The second-order valence-corrected chi connectivity index (χ2v) is 4.91. The molecule has 1 aliphatic heterocycles. The highest BCUT2D eigenvalue weighted by atomic mass is 16.3. The Labute approximate surface area is 96.9 Å². The van der Waals surface area contributed by atoms with Gasteiger partial charge in [0, 0.05) is 29.4 Å². The van der Waals surface area contributed by atoms with Gasteiger partial charge in [0.15, 0.2) is 0 Å². The van der Waals surface area contributed by atoms with Crippen molar-refractivity contribution in [2.45, 2.75) is 45.3 Å². The summed E-state index contributed by atoms with van der Waals surface area (Å²) < 4.78 is 0. The van der Waals surface area contributed by atoms with Gasteiger partial charge in [-0.15, -0.1) is 0 Å². The lowest BCUT2D eigenvalue weighted by Gasteiger charge is -2.33. The highest BCUT2D eigenvalue weighted by Gasteiger charge is 2.34. The number of aromatic hydroxyl groups is 1. The number of hydrogen-bond acceptors (Lipinski definition) is 3. The van der Waals surface area contributed by atoms with E-state index in [1.165, 1.54) is 0 Å². The van der Waals surface area contributed by atoms with Crippen LogP contribution in [0.5, 0.6) is 5.75 Å². The van der Waals surface area contributed by atoms with E-state index in [-0.39, 0.29) is 6.04 Å². The first-order chi connectivity index (χ1) is 7.52. The van der Waals surface area contributed by atoms with Gasteiger partial charge >= 0.3 is 0 Å². The zero-order chi connectivity index (χ0) is 11.9. The third kappa shape index (κ3) is 1.65. The van der Waals surface area contributed by atoms with E-state index in [9.17, 15) is 5.11 Å². The summed E-state index contributed by atoms with van der Waals surface area (Å²) in [5.41, 5.74) is 8.21. The summed E-state index contributed by atoms with van der Waals surface area (Å²) in [6, 6.07) is 6.52. The lowest BCUT2D eigenvalue weighted by atomic mass is 10.0. The topological polar surface area (TPSA) is 49.5 Å². The number of fused-ring (bicyclic) bond motifs is 1. The standard InChI is InChI=1S/C13H20N2O/c1-8(2)15-11-5-4-6-13(16)10(11)7-12(15)9(3)14/h4-6,8-9,12,16H,7,14H2,1-3H3. The average Bonchev–Trinajstić information content (AvgIpc) is 2.58. The predicted octanol–water partition coefficient (Wildman–Crippen LogP) is 1.88. The van der Waals surface area contributed by atoms with E-state index in [0.717, 1.165) is 17.7 Å². The van der Waals surface area contributed by atoms with E-state index in [0.29, 0.717) is 17.8 Å². The van der Waals surface area contributed by atoms with Crippen molar-refractivity contribution in [3.8, 4) is 5.75 Å². The number of hydrogen-bond donors (Lipinski definition) is 2. The van der Waals surface area contributed by atoms with Gasteiger partial charge in [-0.2, -0.15) is 0 Å². The molecule has 3 heteroatoms. The lowest BCUT2D eigenvalue weighted by molar-refractivity contribution is 0.463. The molecule has 0 fully saturated rings. The van der Waals surface area contributed by atoms with Crippen molar-refractivity contribution in [3.63, 3.8) is 0 Å². The Morgan fingerprint density at radius 2 is 2.06 bits per heavy atom. The fraction of sp³-hybridized carbons (Fsp3) is 0.538. The van der Waals surface area contributed by atoms with Gasteiger partial charge in [-0.3, -0.25) is 0 Å². The van der Waals surface area contributed by atoms with Crippen LogP contribution in [-0.2, 0) is 6.42 Å². The summed E-state index contributed by atoms with van der Waals surface area (Å²) in [4.78, 5) is 2.32. The van der Waals surface area contributed by atoms with Crippen LogP contribution >= 0.6 is 0 Å². The maximum absolute atomic E-state index is 9.86. The summed E-state index contributed by atoms with van der Waals surface area (Å²) in [5, 5.41) is 9.86. The first kappa shape index (κ1) is 11.3. The molecule has 0 radical (unpaired) electrons. The SMILES string of the molecule is CC(N)C1Cc2c(O)cccc2N1C(C)C. The zero-order valence-electron chi connectivity index (χ0n) is 10.1. The molecule has 3 nitrogen and oxygen atoms in total. The first-order valence-electron chi connectivity index (χ1n) is 5.87. The lowest BCUT2D eigenvalue weighted by Crippen LogP contribution is -2.47. The number of nitrogens with zero attached hydrogens (tertiary/aromatic N) is 1. The molecule has 0 spiro atoms. The van der Waals surface area contributed by atoms with Crippen molar-refractivity contribution < 1.29 is 5.11 Å². The minimum Gasteiger partial charge on any atom is -0.508 e. The number of benzene rings is 1. The van der Waals surface area contributed by atoms with Gasteiger partial charge < -0.3 is 15.7 Å². The molecule has 1 heterocycles. The van der Waals surface area contributed by atoms with Crippen LogP contribution < -0.4 is 10.6 Å². The molecule has 0 amide bonds. The molecule has 2 rings (SSSR count). The van der Waals surface area contributed by atoms with Crippen molar-refractivity contribution in [2.24, 2.45) is 5.73 Å². The van der Waals surface area contributed by atoms with Crippen molar-refractivity contribution in [1.29, 1.82) is 0 Å². The van der Waals surface area contributed by atoms with Gasteiger partial charge in [0.05, 0.1) is 0 Å². The van der Waals surface area contributed by atoms with Gasteiger partial charge in [0.2, 0.25) is 0 Å². The molecular formula is C13H20N2O. The molecular weight excluding hydrogens is 200 g/mol. The molecule has 1 aromatic rings. The normalized spacial score (nSPS) is 21.3. The molecule has 0 saturated heterocycles. The minimum absolute atomic E-state index is 0.106. The molecule has 88 valence electrons. The summed E-state index contributed by atoms with van der Waals surface area (Å²) in [6.45, 7) is 6.35. The molecule has 0 aromatic heterocycles. The Bertz CT molecular complexity index is 388. The minimum atomic E-state index is 0.106. The van der Waals surface area contributed by atoms with Gasteiger partial charge in [-0.25, -0.2) is 0 Å². The van der Waals surface area contributed by atoms with Gasteiger partial charge in [-0.1, -0.05) is 6.07 Å². The van der Waals surface area contributed by atoms with Crippen LogP contribution in [0.1, 0.15) is 26.3 Å². The van der Waals surface area contributed by atoms with Gasteiger partial charge in [-0.05, 0) is 39.3 Å². The summed E-state index contributed by atoms with van der Waals surface area (Å²) in [7, 11) is 0. The molecule has 0 aliphatic carbocycles.